The number of phenols is 1. The molecule has 0 fully saturated rings. The average Bonchev–Trinajstić information content (AvgIpc) is 2.95. The molecule has 0 saturated heterocycles. The highest BCUT2D eigenvalue weighted by atomic mass is 16.3. The SMILES string of the molecule is Cc1[nH]n(-c2ccc3ccccc3n2)c(=O)c1N=Nc1ccc(O)cc1. The predicted octanol–water partition coefficient (Wildman–Crippen LogP) is 4.14. The number of nitrogens with zero attached hydrogens (tertiary/aromatic N) is 4. The number of aromatic hydroxyl groups is 1. The molecule has 7 nitrogen and oxygen atoms in total. The van der Waals surface area contributed by atoms with Crippen LogP contribution in [0.2, 0.25) is 0 Å². The lowest BCUT2D eigenvalue weighted by atomic mass is 10.2. The molecule has 0 atom stereocenters. The van der Waals surface area contributed by atoms with Crippen LogP contribution < -0.4 is 5.56 Å². The summed E-state index contributed by atoms with van der Waals surface area (Å²) in [4.78, 5) is 17.2. The first-order chi connectivity index (χ1) is 12.6. The summed E-state index contributed by atoms with van der Waals surface area (Å²) in [6, 6.07) is 17.6. The van der Waals surface area contributed by atoms with Crippen molar-refractivity contribution in [2.24, 2.45) is 10.2 Å². The molecular weight excluding hydrogens is 330 g/mol. The second-order valence-corrected chi connectivity index (χ2v) is 5.80. The predicted molar refractivity (Wildman–Crippen MR) is 98.7 cm³/mol. The molecule has 2 aromatic heterocycles. The Morgan fingerprint density at radius 1 is 1.00 bits per heavy atom. The van der Waals surface area contributed by atoms with Gasteiger partial charge in [-0.3, -0.25) is 9.89 Å². The highest BCUT2D eigenvalue weighted by Crippen LogP contribution is 2.21. The number of aromatic nitrogens is 3. The summed E-state index contributed by atoms with van der Waals surface area (Å²) in [5, 5.41) is 21.4. The van der Waals surface area contributed by atoms with E-state index in [1.54, 1.807) is 25.1 Å². The second-order valence-electron chi connectivity index (χ2n) is 5.80. The number of azo groups is 1. The zero-order chi connectivity index (χ0) is 18.1. The normalized spacial score (nSPS) is 11.4. The van der Waals surface area contributed by atoms with Crippen molar-refractivity contribution in [3.8, 4) is 11.6 Å². The molecule has 0 aliphatic rings. The topological polar surface area (TPSA) is 95.6 Å². The largest absolute Gasteiger partial charge is 0.508 e. The summed E-state index contributed by atoms with van der Waals surface area (Å²) >= 11 is 0. The molecule has 0 saturated carbocycles. The first-order valence-corrected chi connectivity index (χ1v) is 8.00. The van der Waals surface area contributed by atoms with Crippen LogP contribution in [0.5, 0.6) is 5.75 Å². The van der Waals surface area contributed by atoms with Crippen molar-refractivity contribution >= 4 is 22.3 Å². The van der Waals surface area contributed by atoms with E-state index < -0.39 is 0 Å². The monoisotopic (exact) mass is 345 g/mol. The van der Waals surface area contributed by atoms with Crippen molar-refractivity contribution in [3.05, 3.63) is 76.7 Å². The van der Waals surface area contributed by atoms with E-state index in [4.69, 9.17) is 0 Å². The van der Waals surface area contributed by atoms with Gasteiger partial charge < -0.3 is 5.11 Å². The Kier molecular flexibility index (Phi) is 3.81. The lowest BCUT2D eigenvalue weighted by molar-refractivity contribution is 0.475. The number of nitrogens with one attached hydrogen (secondary N) is 1. The molecule has 0 amide bonds. The van der Waals surface area contributed by atoms with Crippen LogP contribution in [0, 0.1) is 6.92 Å². The Labute approximate surface area is 148 Å². The van der Waals surface area contributed by atoms with E-state index in [0.29, 0.717) is 17.2 Å². The molecule has 0 bridgehead atoms. The highest BCUT2D eigenvalue weighted by Gasteiger charge is 2.13. The van der Waals surface area contributed by atoms with Gasteiger partial charge in [-0.2, -0.15) is 9.80 Å². The van der Waals surface area contributed by atoms with Crippen LogP contribution in [0.25, 0.3) is 16.7 Å². The maximum absolute atomic E-state index is 12.7. The maximum atomic E-state index is 12.7. The highest BCUT2D eigenvalue weighted by molar-refractivity contribution is 5.79. The van der Waals surface area contributed by atoms with Gasteiger partial charge in [0.25, 0.3) is 0 Å². The van der Waals surface area contributed by atoms with Gasteiger partial charge in [-0.1, -0.05) is 18.2 Å². The number of hydrogen-bond donors (Lipinski definition) is 2. The zero-order valence-corrected chi connectivity index (χ0v) is 13.9. The molecular formula is C19H15N5O2. The van der Waals surface area contributed by atoms with Gasteiger partial charge in [0, 0.05) is 5.39 Å². The number of aromatic amines is 1. The molecule has 26 heavy (non-hydrogen) atoms. The van der Waals surface area contributed by atoms with Crippen LogP contribution >= 0.6 is 0 Å². The summed E-state index contributed by atoms with van der Waals surface area (Å²) in [7, 11) is 0. The van der Waals surface area contributed by atoms with Crippen molar-refractivity contribution in [2.45, 2.75) is 6.92 Å². The number of aryl methyl sites for hydroxylation is 1. The molecule has 0 radical (unpaired) electrons. The first-order valence-electron chi connectivity index (χ1n) is 8.00. The van der Waals surface area contributed by atoms with Crippen LogP contribution in [0.4, 0.5) is 11.4 Å². The number of phenolic OH excluding ortho intramolecular Hbond substituents is 1. The third-order valence-electron chi connectivity index (χ3n) is 3.97. The fourth-order valence-corrected chi connectivity index (χ4v) is 2.62. The number of fused-ring (bicyclic) bond motifs is 1. The summed E-state index contributed by atoms with van der Waals surface area (Å²) in [5.41, 5.74) is 1.82. The third-order valence-corrected chi connectivity index (χ3v) is 3.97. The van der Waals surface area contributed by atoms with E-state index in [2.05, 4.69) is 20.3 Å². The van der Waals surface area contributed by atoms with Crippen LogP contribution in [-0.4, -0.2) is 19.9 Å². The Balaban J connectivity index is 1.73. The van der Waals surface area contributed by atoms with Crippen molar-refractivity contribution in [1.82, 2.24) is 14.8 Å². The molecule has 7 heteroatoms. The summed E-state index contributed by atoms with van der Waals surface area (Å²) < 4.78 is 1.35. The van der Waals surface area contributed by atoms with Crippen molar-refractivity contribution in [3.63, 3.8) is 0 Å². The van der Waals surface area contributed by atoms with E-state index in [0.717, 1.165) is 10.9 Å². The van der Waals surface area contributed by atoms with E-state index >= 15 is 0 Å². The van der Waals surface area contributed by atoms with E-state index in [1.807, 2.05) is 30.3 Å². The minimum atomic E-state index is -0.326. The van der Waals surface area contributed by atoms with Gasteiger partial charge in [0.05, 0.1) is 16.9 Å². The minimum Gasteiger partial charge on any atom is -0.508 e. The summed E-state index contributed by atoms with van der Waals surface area (Å²) in [6.07, 6.45) is 0. The molecule has 2 aromatic carbocycles. The number of pyridine rings is 1. The molecule has 4 rings (SSSR count). The van der Waals surface area contributed by atoms with Gasteiger partial charge in [0.15, 0.2) is 11.5 Å². The fourth-order valence-electron chi connectivity index (χ4n) is 2.62. The van der Waals surface area contributed by atoms with Crippen LogP contribution in [0.15, 0.2) is 75.7 Å². The standard InChI is InChI=1S/C19H15N5O2/c1-12-18(22-21-14-7-9-15(25)10-8-14)19(26)24(23-12)17-11-6-13-4-2-3-5-16(13)20-17/h2-11,23,25H,1H3. The molecule has 0 unspecified atom stereocenters. The smallest absolute Gasteiger partial charge is 0.300 e. The number of rotatable bonds is 3. The number of para-hydroxylation sites is 1. The van der Waals surface area contributed by atoms with Gasteiger partial charge in [0.2, 0.25) is 0 Å². The fraction of sp³-hybridized carbons (Fsp3) is 0.0526. The van der Waals surface area contributed by atoms with Gasteiger partial charge in [-0.25, -0.2) is 4.98 Å². The van der Waals surface area contributed by atoms with Crippen molar-refractivity contribution in [1.29, 1.82) is 0 Å². The summed E-state index contributed by atoms with van der Waals surface area (Å²) in [5.74, 6) is 0.634. The van der Waals surface area contributed by atoms with E-state index in [9.17, 15) is 9.90 Å². The van der Waals surface area contributed by atoms with Gasteiger partial charge in [-0.15, -0.1) is 5.11 Å². The third kappa shape index (κ3) is 2.86. The summed E-state index contributed by atoms with van der Waals surface area (Å²) in [6.45, 7) is 1.75. The second kappa shape index (κ2) is 6.29. The van der Waals surface area contributed by atoms with Gasteiger partial charge in [-0.05, 0) is 49.4 Å². The quantitative estimate of drug-likeness (QED) is 0.546. The number of H-pyrrole nitrogens is 1. The Bertz CT molecular complexity index is 1170. The molecule has 4 aromatic rings. The number of benzene rings is 2. The molecule has 2 N–H and O–H groups in total. The van der Waals surface area contributed by atoms with Gasteiger partial charge >= 0.3 is 5.56 Å². The molecule has 128 valence electrons. The molecule has 0 aliphatic heterocycles. The Morgan fingerprint density at radius 2 is 1.77 bits per heavy atom. The van der Waals surface area contributed by atoms with E-state index in [-0.39, 0.29) is 17.0 Å². The van der Waals surface area contributed by atoms with Crippen LogP contribution in [-0.2, 0) is 0 Å². The van der Waals surface area contributed by atoms with Crippen molar-refractivity contribution in [2.75, 3.05) is 0 Å². The van der Waals surface area contributed by atoms with Crippen LogP contribution in [0.3, 0.4) is 0 Å². The first kappa shape index (κ1) is 15.8. The minimum absolute atomic E-state index is 0.145. The van der Waals surface area contributed by atoms with Gasteiger partial charge in [0.1, 0.15) is 5.75 Å². The lowest BCUT2D eigenvalue weighted by Gasteiger charge is -2.02. The maximum Gasteiger partial charge on any atom is 0.300 e. The zero-order valence-electron chi connectivity index (χ0n) is 13.9. The lowest BCUT2D eigenvalue weighted by Crippen LogP contribution is -2.15. The van der Waals surface area contributed by atoms with E-state index in [1.165, 1.54) is 16.8 Å². The molecule has 2 heterocycles. The number of hydrogen-bond acceptors (Lipinski definition) is 5. The average molecular weight is 345 g/mol. The van der Waals surface area contributed by atoms with Crippen LogP contribution in [0.1, 0.15) is 5.69 Å². The van der Waals surface area contributed by atoms with Crippen molar-refractivity contribution < 1.29 is 5.11 Å². The molecule has 0 spiro atoms. The molecule has 0 aliphatic carbocycles. The Morgan fingerprint density at radius 3 is 2.58 bits per heavy atom. The Hall–Kier alpha value is -3.74.